The number of hydrogen-bond acceptors (Lipinski definition) is 3. The molecule has 0 saturated heterocycles. The van der Waals surface area contributed by atoms with Gasteiger partial charge in [0.15, 0.2) is 5.78 Å². The summed E-state index contributed by atoms with van der Waals surface area (Å²) in [5, 5.41) is 4.93. The fraction of sp³-hybridized carbons (Fsp3) is 0.125. The average Bonchev–Trinajstić information content (AvgIpc) is 2.15. The monoisotopic (exact) mass is 233 g/mol. The molecule has 0 radical (unpaired) electrons. The highest BCUT2D eigenvalue weighted by Gasteiger charge is 2.17. The molecule has 4 nitrogen and oxygen atoms in total. The number of halogens is 1. The van der Waals surface area contributed by atoms with Gasteiger partial charge in [-0.1, -0.05) is 12.1 Å². The maximum atomic E-state index is 11.2. The van der Waals surface area contributed by atoms with Gasteiger partial charge in [-0.3, -0.25) is 4.79 Å². The summed E-state index contributed by atoms with van der Waals surface area (Å²) in [6, 6.07) is 5.69. The number of carbonyl (C=O) groups excluding carboxylic acids is 1. The molecule has 6 heteroatoms. The van der Waals surface area contributed by atoms with E-state index in [4.69, 9.17) is 16.7 Å². The first-order valence-electron chi connectivity index (χ1n) is 3.68. The Morgan fingerprint density at radius 2 is 1.93 bits per heavy atom. The second-order valence-corrected chi connectivity index (χ2v) is 4.40. The Kier molecular flexibility index (Phi) is 3.25. The first-order chi connectivity index (χ1) is 6.46. The van der Waals surface area contributed by atoms with Crippen molar-refractivity contribution in [3.8, 4) is 0 Å². The number of primary sulfonamides is 1. The van der Waals surface area contributed by atoms with Gasteiger partial charge >= 0.3 is 0 Å². The van der Waals surface area contributed by atoms with Gasteiger partial charge in [0.05, 0.1) is 10.8 Å². The second-order valence-electron chi connectivity index (χ2n) is 2.60. The highest BCUT2D eigenvalue weighted by molar-refractivity contribution is 7.89. The maximum absolute atomic E-state index is 11.2. The van der Waals surface area contributed by atoms with Crippen molar-refractivity contribution in [3.05, 3.63) is 29.8 Å². The minimum Gasteiger partial charge on any atom is -0.293 e. The van der Waals surface area contributed by atoms with Crippen LogP contribution in [0.4, 0.5) is 0 Å². The third kappa shape index (κ3) is 2.31. The van der Waals surface area contributed by atoms with Crippen LogP contribution in [0, 0.1) is 0 Å². The van der Waals surface area contributed by atoms with Gasteiger partial charge in [-0.15, -0.1) is 11.6 Å². The van der Waals surface area contributed by atoms with Crippen LogP contribution in [0.1, 0.15) is 10.4 Å². The number of hydrogen-bond donors (Lipinski definition) is 1. The predicted molar refractivity (Wildman–Crippen MR) is 52.9 cm³/mol. The Morgan fingerprint density at radius 3 is 2.43 bits per heavy atom. The summed E-state index contributed by atoms with van der Waals surface area (Å²) in [6.45, 7) is 0. The summed E-state index contributed by atoms with van der Waals surface area (Å²) in [4.78, 5) is 11.0. The van der Waals surface area contributed by atoms with Crippen LogP contribution in [0.15, 0.2) is 29.2 Å². The molecule has 0 unspecified atom stereocenters. The van der Waals surface area contributed by atoms with Crippen LogP contribution in [0.25, 0.3) is 0 Å². The van der Waals surface area contributed by atoms with Crippen LogP contribution in [0.3, 0.4) is 0 Å². The Balaban J connectivity index is 3.38. The van der Waals surface area contributed by atoms with E-state index in [0.29, 0.717) is 0 Å². The van der Waals surface area contributed by atoms with E-state index < -0.39 is 15.8 Å². The Labute approximate surface area is 86.7 Å². The molecule has 0 amide bonds. The van der Waals surface area contributed by atoms with Crippen molar-refractivity contribution in [2.75, 3.05) is 5.88 Å². The zero-order chi connectivity index (χ0) is 10.8. The first kappa shape index (κ1) is 11.2. The van der Waals surface area contributed by atoms with Crippen molar-refractivity contribution >= 4 is 27.4 Å². The third-order valence-electron chi connectivity index (χ3n) is 1.62. The molecule has 0 saturated carbocycles. The summed E-state index contributed by atoms with van der Waals surface area (Å²) >= 11 is 5.32. The van der Waals surface area contributed by atoms with Crippen LogP contribution in [-0.2, 0) is 10.0 Å². The molecule has 0 atom stereocenters. The molecule has 0 aromatic heterocycles. The van der Waals surface area contributed by atoms with E-state index in [1.807, 2.05) is 0 Å². The highest BCUT2D eigenvalue weighted by atomic mass is 35.5. The summed E-state index contributed by atoms with van der Waals surface area (Å²) in [7, 11) is -3.87. The molecule has 76 valence electrons. The van der Waals surface area contributed by atoms with Gasteiger partial charge in [0, 0.05) is 5.56 Å². The van der Waals surface area contributed by atoms with Gasteiger partial charge in [-0.25, -0.2) is 13.6 Å². The van der Waals surface area contributed by atoms with Gasteiger partial charge in [0.1, 0.15) is 0 Å². The lowest BCUT2D eigenvalue weighted by molar-refractivity contribution is 0.101. The topological polar surface area (TPSA) is 77.2 Å². The summed E-state index contributed by atoms with van der Waals surface area (Å²) in [5.74, 6) is -0.733. The van der Waals surface area contributed by atoms with Crippen molar-refractivity contribution < 1.29 is 13.2 Å². The Hall–Kier alpha value is -0.910. The number of benzene rings is 1. The molecule has 0 heterocycles. The van der Waals surface area contributed by atoms with Gasteiger partial charge in [0.2, 0.25) is 10.0 Å². The van der Waals surface area contributed by atoms with Crippen LogP contribution in [0.5, 0.6) is 0 Å². The highest BCUT2D eigenvalue weighted by Crippen LogP contribution is 2.14. The van der Waals surface area contributed by atoms with Crippen molar-refractivity contribution in [2.24, 2.45) is 5.14 Å². The molecule has 0 aliphatic heterocycles. The van der Waals surface area contributed by atoms with E-state index in [1.54, 1.807) is 6.07 Å². The van der Waals surface area contributed by atoms with Crippen molar-refractivity contribution in [3.63, 3.8) is 0 Å². The van der Waals surface area contributed by atoms with Gasteiger partial charge < -0.3 is 0 Å². The van der Waals surface area contributed by atoms with Gasteiger partial charge in [0.25, 0.3) is 0 Å². The summed E-state index contributed by atoms with van der Waals surface area (Å²) in [5.41, 5.74) is 0.0324. The first-order valence-corrected chi connectivity index (χ1v) is 5.76. The second kappa shape index (κ2) is 4.08. The minimum atomic E-state index is -3.87. The van der Waals surface area contributed by atoms with E-state index in [0.717, 1.165) is 0 Å². The van der Waals surface area contributed by atoms with E-state index in [-0.39, 0.29) is 16.3 Å². The molecule has 14 heavy (non-hydrogen) atoms. The van der Waals surface area contributed by atoms with Crippen LogP contribution in [0.2, 0.25) is 0 Å². The smallest absolute Gasteiger partial charge is 0.238 e. The quantitative estimate of drug-likeness (QED) is 0.618. The molecule has 1 aromatic carbocycles. The van der Waals surface area contributed by atoms with Crippen molar-refractivity contribution in [1.29, 1.82) is 0 Å². The van der Waals surface area contributed by atoms with Crippen LogP contribution < -0.4 is 5.14 Å². The molecule has 0 bridgehead atoms. The minimum absolute atomic E-state index is 0.0324. The molecular weight excluding hydrogens is 226 g/mol. The van der Waals surface area contributed by atoms with E-state index in [1.165, 1.54) is 18.2 Å². The lowest BCUT2D eigenvalue weighted by Gasteiger charge is -2.03. The summed E-state index contributed by atoms with van der Waals surface area (Å²) < 4.78 is 22.1. The molecular formula is C8H8ClNO3S. The van der Waals surface area contributed by atoms with Gasteiger partial charge in [-0.2, -0.15) is 0 Å². The fourth-order valence-corrected chi connectivity index (χ4v) is 1.92. The molecule has 1 aromatic rings. The number of sulfonamides is 1. The number of rotatable bonds is 3. The molecule has 0 spiro atoms. The zero-order valence-electron chi connectivity index (χ0n) is 7.10. The van der Waals surface area contributed by atoms with Gasteiger partial charge in [-0.05, 0) is 12.1 Å². The molecule has 0 fully saturated rings. The number of ketones is 1. The molecule has 0 aliphatic carbocycles. The third-order valence-corrected chi connectivity index (χ3v) is 2.83. The SMILES string of the molecule is NS(=O)(=O)c1ccccc1C(=O)CCl. The fourth-order valence-electron chi connectivity index (χ4n) is 1.02. The average molecular weight is 234 g/mol. The molecule has 2 N–H and O–H groups in total. The van der Waals surface area contributed by atoms with Crippen molar-refractivity contribution in [1.82, 2.24) is 0 Å². The number of Topliss-reactive ketones (excluding diaryl/α,β-unsaturated/α-hetero) is 1. The van der Waals surface area contributed by atoms with Crippen molar-refractivity contribution in [2.45, 2.75) is 4.90 Å². The normalized spacial score (nSPS) is 11.3. The Morgan fingerprint density at radius 1 is 1.36 bits per heavy atom. The van der Waals surface area contributed by atoms with Crippen LogP contribution in [-0.4, -0.2) is 20.1 Å². The maximum Gasteiger partial charge on any atom is 0.238 e. The zero-order valence-corrected chi connectivity index (χ0v) is 8.68. The molecule has 0 aliphatic rings. The number of carbonyl (C=O) groups is 1. The Bertz CT molecular complexity index is 455. The summed E-state index contributed by atoms with van der Waals surface area (Å²) in [6.07, 6.45) is 0. The number of nitrogens with two attached hydrogens (primary N) is 1. The largest absolute Gasteiger partial charge is 0.293 e. The predicted octanol–water partition coefficient (Wildman–Crippen LogP) is 0.756. The lowest BCUT2D eigenvalue weighted by atomic mass is 10.1. The lowest BCUT2D eigenvalue weighted by Crippen LogP contribution is -2.17. The van der Waals surface area contributed by atoms with E-state index in [2.05, 4.69) is 0 Å². The van der Waals surface area contributed by atoms with E-state index in [9.17, 15) is 13.2 Å². The molecule has 1 rings (SSSR count). The standard InChI is InChI=1S/C8H8ClNO3S/c9-5-7(11)6-3-1-2-4-8(6)14(10,12)13/h1-4H,5H2,(H2,10,12,13). The number of alkyl halides is 1. The van der Waals surface area contributed by atoms with E-state index >= 15 is 0 Å². The van der Waals surface area contributed by atoms with Crippen LogP contribution >= 0.6 is 11.6 Å².